The first kappa shape index (κ1) is 12.2. The van der Waals surface area contributed by atoms with Gasteiger partial charge < -0.3 is 5.73 Å². The predicted octanol–water partition coefficient (Wildman–Crippen LogP) is 0.575. The van der Waals surface area contributed by atoms with Gasteiger partial charge in [0.1, 0.15) is 0 Å². The maximum Gasteiger partial charge on any atom is 0.212 e. The third kappa shape index (κ3) is 4.40. The molecule has 0 aromatic rings. The van der Waals surface area contributed by atoms with Crippen LogP contribution in [-0.2, 0) is 4.84 Å². The molecular weight excluding hydrogens is 154 g/mol. The Morgan fingerprint density at radius 1 is 1.60 bits per heavy atom. The summed E-state index contributed by atoms with van der Waals surface area (Å²) >= 11 is 0. The molecule has 0 fully saturated rings. The largest absolute Gasteiger partial charge is 0.368 e. The number of rotatable bonds is 3. The van der Waals surface area contributed by atoms with E-state index in [2.05, 4.69) is 0 Å². The number of guanidine groups is 1. The van der Waals surface area contributed by atoms with Crippen LogP contribution in [0, 0.1) is 5.41 Å². The Morgan fingerprint density at radius 2 is 2.10 bits per heavy atom. The van der Waals surface area contributed by atoms with Crippen molar-refractivity contribution in [2.75, 3.05) is 13.2 Å². The average Bonchev–Trinajstić information content (AvgIpc) is 1.82. The van der Waals surface area contributed by atoms with Crippen molar-refractivity contribution in [2.24, 2.45) is 5.73 Å². The van der Waals surface area contributed by atoms with Crippen molar-refractivity contribution in [3.8, 4) is 0 Å². The predicted molar refractivity (Wildman–Crippen MR) is 43.2 cm³/mol. The Balaban J connectivity index is 0. The van der Waals surface area contributed by atoms with Crippen molar-refractivity contribution in [1.82, 2.24) is 5.06 Å². The second-order valence-electron chi connectivity index (χ2n) is 1.50. The number of hydrogen-bond acceptors (Lipinski definition) is 2. The smallest absolute Gasteiger partial charge is 0.212 e. The van der Waals surface area contributed by atoms with E-state index in [1.807, 2.05) is 13.8 Å². The molecule has 0 aliphatic carbocycles. The molecule has 10 heavy (non-hydrogen) atoms. The van der Waals surface area contributed by atoms with Crippen LogP contribution in [0.5, 0.6) is 0 Å². The van der Waals surface area contributed by atoms with Crippen LogP contribution in [-0.4, -0.2) is 24.2 Å². The van der Waals surface area contributed by atoms with Crippen LogP contribution in [0.2, 0.25) is 0 Å². The van der Waals surface area contributed by atoms with E-state index in [1.54, 1.807) is 0 Å². The third-order valence-electron chi connectivity index (χ3n) is 0.841. The Labute approximate surface area is 67.2 Å². The molecule has 0 aliphatic heterocycles. The first-order chi connectivity index (χ1) is 4.22. The van der Waals surface area contributed by atoms with Gasteiger partial charge in [0.05, 0.1) is 6.61 Å². The lowest BCUT2D eigenvalue weighted by Gasteiger charge is -2.17. The molecule has 0 aliphatic rings. The van der Waals surface area contributed by atoms with Gasteiger partial charge in [0.25, 0.3) is 0 Å². The fraction of sp³-hybridized carbons (Fsp3) is 0.800. The second kappa shape index (κ2) is 6.64. The van der Waals surface area contributed by atoms with Crippen LogP contribution in [0.1, 0.15) is 13.8 Å². The van der Waals surface area contributed by atoms with Crippen molar-refractivity contribution in [3.05, 3.63) is 0 Å². The van der Waals surface area contributed by atoms with Crippen LogP contribution in [0.4, 0.5) is 0 Å². The van der Waals surface area contributed by atoms with Crippen molar-refractivity contribution >= 4 is 18.4 Å². The summed E-state index contributed by atoms with van der Waals surface area (Å²) in [6.45, 7) is 4.89. The van der Waals surface area contributed by atoms with Gasteiger partial charge in [-0.2, -0.15) is 0 Å². The molecule has 0 spiro atoms. The molecule has 3 N–H and O–H groups in total. The van der Waals surface area contributed by atoms with E-state index < -0.39 is 0 Å². The van der Waals surface area contributed by atoms with E-state index in [0.717, 1.165) is 0 Å². The highest BCUT2D eigenvalue weighted by Gasteiger charge is 1.99. The van der Waals surface area contributed by atoms with Crippen molar-refractivity contribution in [3.63, 3.8) is 0 Å². The van der Waals surface area contributed by atoms with Crippen molar-refractivity contribution in [2.45, 2.75) is 13.8 Å². The number of hydrogen-bond donors (Lipinski definition) is 2. The fourth-order valence-corrected chi connectivity index (χ4v) is 0.487. The summed E-state index contributed by atoms with van der Waals surface area (Å²) in [7, 11) is 0. The fourth-order valence-electron chi connectivity index (χ4n) is 0.487. The third-order valence-corrected chi connectivity index (χ3v) is 0.841. The van der Waals surface area contributed by atoms with Gasteiger partial charge in [0.2, 0.25) is 5.96 Å². The number of halogens is 1. The molecule has 0 aromatic carbocycles. The summed E-state index contributed by atoms with van der Waals surface area (Å²) in [5, 5.41) is 8.27. The van der Waals surface area contributed by atoms with Gasteiger partial charge >= 0.3 is 0 Å². The summed E-state index contributed by atoms with van der Waals surface area (Å²) in [4.78, 5) is 4.94. The van der Waals surface area contributed by atoms with Gasteiger partial charge in [0.15, 0.2) is 0 Å². The zero-order valence-corrected chi connectivity index (χ0v) is 7.07. The summed E-state index contributed by atoms with van der Waals surface area (Å²) in [5.41, 5.74) is 5.12. The highest BCUT2D eigenvalue weighted by Crippen LogP contribution is 1.85. The molecule has 0 amide bonds. The summed E-state index contributed by atoms with van der Waals surface area (Å²) in [6, 6.07) is 0. The quantitative estimate of drug-likeness (QED) is 0.367. The molecule has 0 aromatic heterocycles. The van der Waals surface area contributed by atoms with E-state index >= 15 is 0 Å². The molecular formula is C5H14ClN3O. The number of nitrogens with one attached hydrogen (secondary N) is 1. The molecule has 62 valence electrons. The van der Waals surface area contributed by atoms with E-state index in [1.165, 1.54) is 5.06 Å². The van der Waals surface area contributed by atoms with Gasteiger partial charge in [-0.25, -0.2) is 5.06 Å². The minimum Gasteiger partial charge on any atom is -0.368 e. The topological polar surface area (TPSA) is 62.3 Å². The lowest BCUT2D eigenvalue weighted by atomic mass is 10.7. The van der Waals surface area contributed by atoms with Crippen LogP contribution in [0.3, 0.4) is 0 Å². The Morgan fingerprint density at radius 3 is 2.20 bits per heavy atom. The molecule has 0 saturated heterocycles. The second-order valence-corrected chi connectivity index (χ2v) is 1.50. The molecule has 0 heterocycles. The monoisotopic (exact) mass is 167 g/mol. The highest BCUT2D eigenvalue weighted by molar-refractivity contribution is 5.85. The maximum atomic E-state index is 6.93. The van der Waals surface area contributed by atoms with Crippen LogP contribution >= 0.6 is 12.4 Å². The van der Waals surface area contributed by atoms with Crippen LogP contribution in [0.15, 0.2) is 0 Å². The Kier molecular flexibility index (Phi) is 8.11. The number of hydroxylamine groups is 2. The van der Waals surface area contributed by atoms with Crippen molar-refractivity contribution < 1.29 is 4.84 Å². The summed E-state index contributed by atoms with van der Waals surface area (Å²) in [6.07, 6.45) is 0. The van der Waals surface area contributed by atoms with Gasteiger partial charge in [-0.3, -0.25) is 10.2 Å². The lowest BCUT2D eigenvalue weighted by molar-refractivity contribution is -0.0914. The van der Waals surface area contributed by atoms with Gasteiger partial charge in [-0.15, -0.1) is 12.4 Å². The lowest BCUT2D eigenvalue weighted by Crippen LogP contribution is -2.36. The molecule has 4 nitrogen and oxygen atoms in total. The van der Waals surface area contributed by atoms with Crippen LogP contribution in [0.25, 0.3) is 0 Å². The summed E-state index contributed by atoms with van der Waals surface area (Å²) < 4.78 is 0. The van der Waals surface area contributed by atoms with E-state index in [-0.39, 0.29) is 18.4 Å². The van der Waals surface area contributed by atoms with Gasteiger partial charge in [0, 0.05) is 6.54 Å². The molecule has 0 unspecified atom stereocenters. The minimum absolute atomic E-state index is 0. The normalized spacial score (nSPS) is 8.20. The first-order valence-electron chi connectivity index (χ1n) is 2.96. The molecule has 0 radical (unpaired) electrons. The van der Waals surface area contributed by atoms with E-state index in [9.17, 15) is 0 Å². The zero-order valence-electron chi connectivity index (χ0n) is 6.26. The van der Waals surface area contributed by atoms with Gasteiger partial charge in [-0.05, 0) is 13.8 Å². The van der Waals surface area contributed by atoms with E-state index in [4.69, 9.17) is 16.0 Å². The maximum absolute atomic E-state index is 6.93. The first-order valence-corrected chi connectivity index (χ1v) is 2.96. The number of nitrogens with zero attached hydrogens (tertiary/aromatic N) is 1. The van der Waals surface area contributed by atoms with Crippen molar-refractivity contribution in [1.29, 1.82) is 5.41 Å². The highest BCUT2D eigenvalue weighted by atomic mass is 35.5. The van der Waals surface area contributed by atoms with Crippen LogP contribution < -0.4 is 5.73 Å². The molecule has 0 saturated carbocycles. The SMILES string of the molecule is CCON(CC)C(=N)N.Cl. The molecule has 5 heteroatoms. The molecule has 0 atom stereocenters. The van der Waals surface area contributed by atoms with E-state index in [0.29, 0.717) is 13.2 Å². The number of nitrogens with two attached hydrogens (primary N) is 1. The Hall–Kier alpha value is -0.480. The average molecular weight is 168 g/mol. The molecule has 0 rings (SSSR count). The molecule has 0 bridgehead atoms. The summed E-state index contributed by atoms with van der Waals surface area (Å²) in [5.74, 6) is -0.0423. The zero-order chi connectivity index (χ0) is 7.28. The minimum atomic E-state index is -0.0423. The van der Waals surface area contributed by atoms with Gasteiger partial charge in [-0.1, -0.05) is 0 Å². The standard InChI is InChI=1S/C5H13N3O.ClH/c1-3-8(5(6)7)9-4-2;/h3-4H2,1-2H3,(H3,6,7);1H. The Bertz CT molecular complexity index is 98.9.